The fourth-order valence-electron chi connectivity index (χ4n) is 2.22. The second kappa shape index (κ2) is 6.88. The van der Waals surface area contributed by atoms with Crippen molar-refractivity contribution in [1.29, 1.82) is 0 Å². The number of aromatic nitrogens is 1. The third kappa shape index (κ3) is 3.60. The van der Waals surface area contributed by atoms with Crippen LogP contribution in [0.5, 0.6) is 0 Å². The number of hydrogen-bond acceptors (Lipinski definition) is 3. The first-order valence-corrected chi connectivity index (χ1v) is 7.21. The molecule has 2 aromatic rings. The fraction of sp³-hybridized carbons (Fsp3) is 0.294. The van der Waals surface area contributed by atoms with Gasteiger partial charge in [0.25, 0.3) is 5.91 Å². The molecule has 0 aliphatic heterocycles. The van der Waals surface area contributed by atoms with Crippen molar-refractivity contribution in [2.24, 2.45) is 0 Å². The highest BCUT2D eigenvalue weighted by molar-refractivity contribution is 6.08. The zero-order valence-electron chi connectivity index (χ0n) is 12.7. The lowest BCUT2D eigenvalue weighted by atomic mass is 10.0. The van der Waals surface area contributed by atoms with Gasteiger partial charge in [0, 0.05) is 24.6 Å². The van der Waals surface area contributed by atoms with Gasteiger partial charge in [-0.3, -0.25) is 9.78 Å². The molecule has 0 aliphatic rings. The minimum absolute atomic E-state index is 0.146. The molecule has 21 heavy (non-hydrogen) atoms. The lowest BCUT2D eigenvalue weighted by Gasteiger charge is -2.15. The minimum atomic E-state index is -0.146. The molecule has 1 heterocycles. The predicted molar refractivity (Wildman–Crippen MR) is 86.9 cm³/mol. The molecule has 0 aliphatic carbocycles. The lowest BCUT2D eigenvalue weighted by Crippen LogP contribution is -2.16. The van der Waals surface area contributed by atoms with Crippen molar-refractivity contribution < 1.29 is 4.79 Å². The van der Waals surface area contributed by atoms with Gasteiger partial charge in [-0.05, 0) is 30.5 Å². The summed E-state index contributed by atoms with van der Waals surface area (Å²) in [6, 6.07) is 9.69. The molecule has 4 heteroatoms. The quantitative estimate of drug-likeness (QED) is 0.875. The Hall–Kier alpha value is -2.36. The number of hydrogen-bond donors (Lipinski definition) is 2. The molecule has 1 aromatic heterocycles. The van der Waals surface area contributed by atoms with Gasteiger partial charge in [-0.25, -0.2) is 0 Å². The summed E-state index contributed by atoms with van der Waals surface area (Å²) in [5, 5.41) is 6.17. The van der Waals surface area contributed by atoms with Crippen molar-refractivity contribution in [2.45, 2.75) is 26.7 Å². The Morgan fingerprint density at radius 1 is 1.19 bits per heavy atom. The van der Waals surface area contributed by atoms with E-state index in [-0.39, 0.29) is 5.91 Å². The Kier molecular flexibility index (Phi) is 4.93. The molecule has 0 bridgehead atoms. The van der Waals surface area contributed by atoms with Gasteiger partial charge in [0.15, 0.2) is 0 Å². The van der Waals surface area contributed by atoms with Crippen molar-refractivity contribution in [3.63, 3.8) is 0 Å². The largest absolute Gasteiger partial charge is 0.385 e. The number of rotatable bonds is 5. The second-order valence-electron chi connectivity index (χ2n) is 5.15. The van der Waals surface area contributed by atoms with E-state index in [0.29, 0.717) is 11.5 Å². The van der Waals surface area contributed by atoms with Crippen LogP contribution in [0.2, 0.25) is 0 Å². The van der Waals surface area contributed by atoms with E-state index < -0.39 is 0 Å². The zero-order valence-corrected chi connectivity index (χ0v) is 12.7. The van der Waals surface area contributed by atoms with E-state index in [1.54, 1.807) is 12.4 Å². The van der Waals surface area contributed by atoms with Gasteiger partial charge in [0.1, 0.15) is 0 Å². The summed E-state index contributed by atoms with van der Waals surface area (Å²) in [7, 11) is 0. The van der Waals surface area contributed by atoms with E-state index in [0.717, 1.165) is 23.5 Å². The zero-order chi connectivity index (χ0) is 15.2. The van der Waals surface area contributed by atoms with Crippen molar-refractivity contribution in [1.82, 2.24) is 4.98 Å². The minimum Gasteiger partial charge on any atom is -0.385 e. The summed E-state index contributed by atoms with van der Waals surface area (Å²) in [6.45, 7) is 6.97. The molecule has 0 atom stereocenters. The van der Waals surface area contributed by atoms with Gasteiger partial charge in [0.2, 0.25) is 0 Å². The molecule has 0 saturated carbocycles. The summed E-state index contributed by atoms with van der Waals surface area (Å²) in [6.07, 6.45) is 3.27. The van der Waals surface area contributed by atoms with Gasteiger partial charge in [0.05, 0.1) is 11.3 Å². The Labute approximate surface area is 125 Å². The van der Waals surface area contributed by atoms with E-state index in [2.05, 4.69) is 29.5 Å². The van der Waals surface area contributed by atoms with Crippen LogP contribution in [0.3, 0.4) is 0 Å². The van der Waals surface area contributed by atoms with Crippen LogP contribution in [0, 0.1) is 0 Å². The van der Waals surface area contributed by atoms with E-state index in [1.807, 2.05) is 37.3 Å². The number of amides is 1. The van der Waals surface area contributed by atoms with Gasteiger partial charge in [-0.2, -0.15) is 0 Å². The van der Waals surface area contributed by atoms with Gasteiger partial charge < -0.3 is 10.6 Å². The number of carbonyl (C=O) groups is 1. The number of nitrogens with zero attached hydrogens (tertiary/aromatic N) is 1. The van der Waals surface area contributed by atoms with Crippen LogP contribution in [0.15, 0.2) is 42.7 Å². The molecule has 2 rings (SSSR count). The van der Waals surface area contributed by atoms with Gasteiger partial charge in [-0.15, -0.1) is 0 Å². The first-order chi connectivity index (χ1) is 10.1. The smallest absolute Gasteiger partial charge is 0.259 e. The highest BCUT2D eigenvalue weighted by atomic mass is 16.1. The molecule has 110 valence electrons. The van der Waals surface area contributed by atoms with Crippen LogP contribution >= 0.6 is 0 Å². The first kappa shape index (κ1) is 15.0. The molecule has 0 fully saturated rings. The summed E-state index contributed by atoms with van der Waals surface area (Å²) >= 11 is 0. The van der Waals surface area contributed by atoms with Crippen molar-refractivity contribution >= 4 is 17.3 Å². The van der Waals surface area contributed by atoms with E-state index >= 15 is 0 Å². The summed E-state index contributed by atoms with van der Waals surface area (Å²) in [4.78, 5) is 16.5. The summed E-state index contributed by atoms with van der Waals surface area (Å²) < 4.78 is 0. The van der Waals surface area contributed by atoms with Crippen LogP contribution in [0.25, 0.3) is 0 Å². The molecule has 4 nitrogen and oxygen atoms in total. The van der Waals surface area contributed by atoms with Crippen LogP contribution in [0.1, 0.15) is 42.6 Å². The maximum atomic E-state index is 12.5. The monoisotopic (exact) mass is 283 g/mol. The molecule has 0 spiro atoms. The summed E-state index contributed by atoms with van der Waals surface area (Å²) in [5.74, 6) is 0.204. The molecular formula is C17H21N3O. The van der Waals surface area contributed by atoms with Gasteiger partial charge in [-0.1, -0.05) is 32.0 Å². The molecule has 0 saturated heterocycles. The van der Waals surface area contributed by atoms with E-state index in [9.17, 15) is 4.79 Å². The highest BCUT2D eigenvalue weighted by Gasteiger charge is 2.14. The van der Waals surface area contributed by atoms with Crippen molar-refractivity contribution in [2.75, 3.05) is 17.2 Å². The maximum Gasteiger partial charge on any atom is 0.259 e. The van der Waals surface area contributed by atoms with Crippen LogP contribution in [-0.2, 0) is 0 Å². The Balaban J connectivity index is 2.27. The highest BCUT2D eigenvalue weighted by Crippen LogP contribution is 2.25. The topological polar surface area (TPSA) is 54.0 Å². The van der Waals surface area contributed by atoms with Gasteiger partial charge >= 0.3 is 0 Å². The fourth-order valence-corrected chi connectivity index (χ4v) is 2.22. The van der Waals surface area contributed by atoms with Crippen LogP contribution in [0.4, 0.5) is 11.4 Å². The Morgan fingerprint density at radius 3 is 2.67 bits per heavy atom. The maximum absolute atomic E-state index is 12.5. The SMILES string of the molecule is CCNc1ccncc1C(=O)Nc1ccccc1C(C)C. The summed E-state index contributed by atoms with van der Waals surface area (Å²) in [5.41, 5.74) is 3.33. The number of carbonyl (C=O) groups excluding carboxylic acids is 1. The number of anilines is 2. The van der Waals surface area contributed by atoms with Crippen molar-refractivity contribution in [3.05, 3.63) is 53.9 Å². The van der Waals surface area contributed by atoms with E-state index in [1.165, 1.54) is 0 Å². The molecule has 1 amide bonds. The molecular weight excluding hydrogens is 262 g/mol. The first-order valence-electron chi connectivity index (χ1n) is 7.21. The average molecular weight is 283 g/mol. The predicted octanol–water partition coefficient (Wildman–Crippen LogP) is 3.89. The third-order valence-electron chi connectivity index (χ3n) is 3.26. The molecule has 1 aromatic carbocycles. The number of pyridine rings is 1. The van der Waals surface area contributed by atoms with Crippen LogP contribution < -0.4 is 10.6 Å². The third-order valence-corrected chi connectivity index (χ3v) is 3.26. The van der Waals surface area contributed by atoms with E-state index in [4.69, 9.17) is 0 Å². The standard InChI is InChI=1S/C17H21N3O/c1-4-19-15-9-10-18-11-14(15)17(21)20-16-8-6-5-7-13(16)12(2)3/h5-12H,4H2,1-3H3,(H,18,19)(H,20,21). The van der Waals surface area contributed by atoms with Crippen molar-refractivity contribution in [3.8, 4) is 0 Å². The average Bonchev–Trinajstić information content (AvgIpc) is 2.48. The Bertz CT molecular complexity index is 623. The number of nitrogens with one attached hydrogen (secondary N) is 2. The normalized spacial score (nSPS) is 10.5. The Morgan fingerprint density at radius 2 is 1.95 bits per heavy atom. The molecule has 0 radical (unpaired) electrons. The van der Waals surface area contributed by atoms with Crippen LogP contribution in [-0.4, -0.2) is 17.4 Å². The number of benzene rings is 1. The second-order valence-corrected chi connectivity index (χ2v) is 5.15. The molecule has 0 unspecified atom stereocenters. The lowest BCUT2D eigenvalue weighted by molar-refractivity contribution is 0.102. The number of para-hydroxylation sites is 1. The molecule has 2 N–H and O–H groups in total.